The SMILES string of the molecule is CC1Cn2ncc(C(=O)NC3(COC(F)F)CC3)c2CN1. The number of aromatic nitrogens is 2. The van der Waals surface area contributed by atoms with Crippen LogP contribution in [0.3, 0.4) is 0 Å². The van der Waals surface area contributed by atoms with Gasteiger partial charge in [0.25, 0.3) is 5.91 Å². The first-order chi connectivity index (χ1) is 9.99. The topological polar surface area (TPSA) is 68.2 Å². The molecule has 1 aliphatic carbocycles. The van der Waals surface area contributed by atoms with Gasteiger partial charge in [-0.2, -0.15) is 13.9 Å². The summed E-state index contributed by atoms with van der Waals surface area (Å²) in [6.07, 6.45) is 2.85. The van der Waals surface area contributed by atoms with Gasteiger partial charge in [0.1, 0.15) is 0 Å². The Kier molecular flexibility index (Phi) is 3.66. The molecule has 2 N–H and O–H groups in total. The average Bonchev–Trinajstić information content (AvgIpc) is 3.06. The van der Waals surface area contributed by atoms with Crippen LogP contribution in [0.4, 0.5) is 8.78 Å². The molecule has 1 aliphatic heterocycles. The highest BCUT2D eigenvalue weighted by Gasteiger charge is 2.45. The molecule has 3 rings (SSSR count). The van der Waals surface area contributed by atoms with E-state index < -0.39 is 12.2 Å². The summed E-state index contributed by atoms with van der Waals surface area (Å²) in [6.45, 7) is 0.363. The van der Waals surface area contributed by atoms with Crippen LogP contribution in [0.1, 0.15) is 35.8 Å². The largest absolute Gasteiger partial charge is 0.345 e. The van der Waals surface area contributed by atoms with Crippen LogP contribution >= 0.6 is 0 Å². The van der Waals surface area contributed by atoms with E-state index >= 15 is 0 Å². The molecule has 2 aliphatic rings. The summed E-state index contributed by atoms with van der Waals surface area (Å²) in [7, 11) is 0. The minimum Gasteiger partial charge on any atom is -0.344 e. The van der Waals surface area contributed by atoms with Crippen molar-refractivity contribution in [3.05, 3.63) is 17.5 Å². The van der Waals surface area contributed by atoms with Crippen LogP contribution in [0.2, 0.25) is 0 Å². The van der Waals surface area contributed by atoms with Crippen molar-refractivity contribution in [1.82, 2.24) is 20.4 Å². The van der Waals surface area contributed by atoms with E-state index in [0.29, 0.717) is 37.5 Å². The summed E-state index contributed by atoms with van der Waals surface area (Å²) in [5.41, 5.74) is 0.687. The maximum Gasteiger partial charge on any atom is 0.345 e. The van der Waals surface area contributed by atoms with Gasteiger partial charge in [-0.25, -0.2) is 0 Å². The molecule has 1 aromatic rings. The van der Waals surface area contributed by atoms with Crippen LogP contribution in [0.25, 0.3) is 0 Å². The lowest BCUT2D eigenvalue weighted by Gasteiger charge is -2.23. The Labute approximate surface area is 120 Å². The third-order valence-electron chi connectivity index (χ3n) is 3.98. The minimum absolute atomic E-state index is 0.158. The monoisotopic (exact) mass is 300 g/mol. The third-order valence-corrected chi connectivity index (χ3v) is 3.98. The Balaban J connectivity index is 1.67. The average molecular weight is 300 g/mol. The van der Waals surface area contributed by atoms with Gasteiger partial charge >= 0.3 is 6.61 Å². The molecule has 21 heavy (non-hydrogen) atoms. The Morgan fingerprint density at radius 3 is 3.10 bits per heavy atom. The molecule has 0 spiro atoms. The van der Waals surface area contributed by atoms with E-state index in [9.17, 15) is 13.6 Å². The van der Waals surface area contributed by atoms with Crippen LogP contribution in [0, 0.1) is 0 Å². The number of alkyl halides is 2. The number of fused-ring (bicyclic) bond motifs is 1. The molecule has 8 heteroatoms. The lowest BCUT2D eigenvalue weighted by molar-refractivity contribution is -0.135. The van der Waals surface area contributed by atoms with Gasteiger partial charge in [0.2, 0.25) is 0 Å². The van der Waals surface area contributed by atoms with Crippen molar-refractivity contribution >= 4 is 5.91 Å². The molecule has 0 radical (unpaired) electrons. The highest BCUT2D eigenvalue weighted by molar-refractivity contribution is 5.95. The molecule has 1 aromatic heterocycles. The summed E-state index contributed by atoms with van der Waals surface area (Å²) in [6, 6.07) is 0.308. The molecule has 116 valence electrons. The molecule has 0 saturated heterocycles. The number of carbonyl (C=O) groups is 1. The number of halogens is 2. The van der Waals surface area contributed by atoms with Crippen LogP contribution in [-0.2, 0) is 17.8 Å². The first kappa shape index (κ1) is 14.4. The highest BCUT2D eigenvalue weighted by atomic mass is 19.3. The second-order valence-corrected chi connectivity index (χ2v) is 5.78. The van der Waals surface area contributed by atoms with E-state index in [1.165, 1.54) is 6.20 Å². The van der Waals surface area contributed by atoms with Gasteiger partial charge in [-0.1, -0.05) is 0 Å². The van der Waals surface area contributed by atoms with E-state index in [4.69, 9.17) is 0 Å². The maximum absolute atomic E-state index is 12.3. The molecule has 1 unspecified atom stereocenters. The summed E-state index contributed by atoms with van der Waals surface area (Å²) >= 11 is 0. The molecular weight excluding hydrogens is 282 g/mol. The van der Waals surface area contributed by atoms with E-state index in [1.54, 1.807) is 0 Å². The van der Waals surface area contributed by atoms with Crippen molar-refractivity contribution in [1.29, 1.82) is 0 Å². The third kappa shape index (κ3) is 3.06. The summed E-state index contributed by atoms with van der Waals surface area (Å²) in [5, 5.41) is 10.3. The first-order valence-corrected chi connectivity index (χ1v) is 6.99. The summed E-state index contributed by atoms with van der Waals surface area (Å²) in [4.78, 5) is 12.3. The molecule has 2 heterocycles. The van der Waals surface area contributed by atoms with Crippen molar-refractivity contribution in [2.75, 3.05) is 6.61 Å². The van der Waals surface area contributed by atoms with Gasteiger partial charge in [0, 0.05) is 12.6 Å². The van der Waals surface area contributed by atoms with E-state index in [-0.39, 0.29) is 12.5 Å². The number of carbonyl (C=O) groups excluding carboxylic acids is 1. The normalized spacial score (nSPS) is 23.0. The lowest BCUT2D eigenvalue weighted by Crippen LogP contribution is -2.42. The van der Waals surface area contributed by atoms with Gasteiger partial charge in [-0.3, -0.25) is 9.48 Å². The van der Waals surface area contributed by atoms with Gasteiger partial charge < -0.3 is 15.4 Å². The highest BCUT2D eigenvalue weighted by Crippen LogP contribution is 2.36. The summed E-state index contributed by atoms with van der Waals surface area (Å²) in [5.74, 6) is -0.275. The van der Waals surface area contributed by atoms with Gasteiger partial charge in [0.05, 0.1) is 36.1 Å². The molecular formula is C13H18F2N4O2. The van der Waals surface area contributed by atoms with Crippen molar-refractivity contribution in [3.8, 4) is 0 Å². The number of hydrogen-bond donors (Lipinski definition) is 2. The fourth-order valence-electron chi connectivity index (χ4n) is 2.53. The standard InChI is InChI=1S/C13H18F2N4O2/c1-8-6-19-10(5-16-8)9(4-17-19)11(20)18-13(2-3-13)7-21-12(14)15/h4,8,12,16H,2-3,5-7H2,1H3,(H,18,20). The number of nitrogens with zero attached hydrogens (tertiary/aromatic N) is 2. The van der Waals surface area contributed by atoms with Gasteiger partial charge in [0.15, 0.2) is 0 Å². The van der Waals surface area contributed by atoms with Crippen molar-refractivity contribution in [2.45, 2.75) is 51.0 Å². The molecule has 1 atom stereocenters. The van der Waals surface area contributed by atoms with E-state index in [2.05, 4.69) is 20.5 Å². The van der Waals surface area contributed by atoms with E-state index in [0.717, 1.165) is 5.69 Å². The first-order valence-electron chi connectivity index (χ1n) is 6.99. The smallest absolute Gasteiger partial charge is 0.344 e. The lowest BCUT2D eigenvalue weighted by atomic mass is 10.1. The van der Waals surface area contributed by atoms with Crippen LogP contribution < -0.4 is 10.6 Å². The zero-order valence-electron chi connectivity index (χ0n) is 11.7. The predicted molar refractivity (Wildman–Crippen MR) is 69.9 cm³/mol. The maximum atomic E-state index is 12.3. The van der Waals surface area contributed by atoms with Gasteiger partial charge in [-0.15, -0.1) is 0 Å². The number of hydrogen-bond acceptors (Lipinski definition) is 4. The second-order valence-electron chi connectivity index (χ2n) is 5.78. The van der Waals surface area contributed by atoms with Crippen molar-refractivity contribution in [2.24, 2.45) is 0 Å². The molecule has 6 nitrogen and oxygen atoms in total. The number of rotatable bonds is 5. The van der Waals surface area contributed by atoms with Crippen molar-refractivity contribution in [3.63, 3.8) is 0 Å². The quantitative estimate of drug-likeness (QED) is 0.847. The van der Waals surface area contributed by atoms with Crippen LogP contribution in [-0.4, -0.2) is 40.5 Å². The Bertz CT molecular complexity index is 542. The molecule has 0 bridgehead atoms. The fraction of sp³-hybridized carbons (Fsp3) is 0.692. The fourth-order valence-corrected chi connectivity index (χ4v) is 2.53. The number of nitrogens with one attached hydrogen (secondary N) is 2. The minimum atomic E-state index is -2.81. The van der Waals surface area contributed by atoms with Crippen molar-refractivity contribution < 1.29 is 18.3 Å². The second kappa shape index (κ2) is 5.34. The molecule has 1 amide bonds. The number of amides is 1. The molecule has 1 saturated carbocycles. The van der Waals surface area contributed by atoms with Gasteiger partial charge in [-0.05, 0) is 19.8 Å². The number of ether oxygens (including phenoxy) is 1. The predicted octanol–water partition coefficient (Wildman–Crippen LogP) is 0.876. The van der Waals surface area contributed by atoms with Crippen LogP contribution in [0.15, 0.2) is 6.20 Å². The Hall–Kier alpha value is -1.54. The van der Waals surface area contributed by atoms with E-state index in [1.807, 2.05) is 11.6 Å². The molecule has 1 fully saturated rings. The van der Waals surface area contributed by atoms with Crippen LogP contribution in [0.5, 0.6) is 0 Å². The summed E-state index contributed by atoms with van der Waals surface area (Å²) < 4.78 is 30.4. The zero-order valence-corrected chi connectivity index (χ0v) is 11.7. The molecule has 0 aromatic carbocycles. The Morgan fingerprint density at radius 2 is 2.43 bits per heavy atom. The zero-order chi connectivity index (χ0) is 15.0. The Morgan fingerprint density at radius 1 is 1.67 bits per heavy atom.